The number of benzene rings is 1. The van der Waals surface area contributed by atoms with Crippen LogP contribution in [-0.4, -0.2) is 15.7 Å². The molecule has 2 heterocycles. The summed E-state index contributed by atoms with van der Waals surface area (Å²) in [7, 11) is 0. The molecule has 1 aromatic heterocycles. The maximum Gasteiger partial charge on any atom is 0.254 e. The number of aromatic amines is 1. The fraction of sp³-hybridized carbons (Fsp3) is 0.375. The summed E-state index contributed by atoms with van der Waals surface area (Å²) >= 11 is 1.90. The van der Waals surface area contributed by atoms with Crippen molar-refractivity contribution in [1.29, 1.82) is 0 Å². The SMILES string of the molecule is Cc1c(-c2ccccc2)nc(C2CCCCS2)[nH]c1=O. The van der Waals surface area contributed by atoms with E-state index in [0.717, 1.165) is 29.3 Å². The lowest BCUT2D eigenvalue weighted by Gasteiger charge is -2.21. The monoisotopic (exact) mass is 286 g/mol. The first-order valence-electron chi connectivity index (χ1n) is 7.03. The van der Waals surface area contributed by atoms with Crippen LogP contribution in [0.1, 0.15) is 35.9 Å². The van der Waals surface area contributed by atoms with Crippen LogP contribution in [0.3, 0.4) is 0 Å². The van der Waals surface area contributed by atoms with E-state index >= 15 is 0 Å². The number of hydrogen-bond donors (Lipinski definition) is 1. The largest absolute Gasteiger partial charge is 0.309 e. The van der Waals surface area contributed by atoms with E-state index in [-0.39, 0.29) is 5.56 Å². The second-order valence-electron chi connectivity index (χ2n) is 5.15. The molecule has 1 aromatic carbocycles. The van der Waals surface area contributed by atoms with Gasteiger partial charge < -0.3 is 4.98 Å². The molecule has 1 saturated heterocycles. The van der Waals surface area contributed by atoms with Crippen molar-refractivity contribution in [3.05, 3.63) is 52.1 Å². The second-order valence-corrected chi connectivity index (χ2v) is 6.46. The van der Waals surface area contributed by atoms with Crippen LogP contribution in [0.15, 0.2) is 35.1 Å². The maximum atomic E-state index is 12.2. The number of nitrogens with zero attached hydrogens (tertiary/aromatic N) is 1. The lowest BCUT2D eigenvalue weighted by molar-refractivity contribution is 0.660. The standard InChI is InChI=1S/C16H18N2OS/c1-11-14(12-7-3-2-4-8-12)17-15(18-16(11)19)13-9-5-6-10-20-13/h2-4,7-8,13H,5-6,9-10H2,1H3,(H,17,18,19). The van der Waals surface area contributed by atoms with E-state index in [9.17, 15) is 4.79 Å². The van der Waals surface area contributed by atoms with Crippen molar-refractivity contribution in [3.8, 4) is 11.3 Å². The molecule has 1 aliphatic rings. The Bertz CT molecular complexity index is 645. The third-order valence-corrected chi connectivity index (χ3v) is 5.09. The van der Waals surface area contributed by atoms with Crippen molar-refractivity contribution in [2.45, 2.75) is 31.4 Å². The topological polar surface area (TPSA) is 45.8 Å². The molecule has 1 atom stereocenters. The predicted molar refractivity (Wildman–Crippen MR) is 84.1 cm³/mol. The zero-order chi connectivity index (χ0) is 13.9. The van der Waals surface area contributed by atoms with Crippen molar-refractivity contribution >= 4 is 11.8 Å². The van der Waals surface area contributed by atoms with Crippen LogP contribution in [-0.2, 0) is 0 Å². The minimum atomic E-state index is -0.0139. The van der Waals surface area contributed by atoms with Crippen molar-refractivity contribution in [1.82, 2.24) is 9.97 Å². The molecule has 3 rings (SSSR count). The quantitative estimate of drug-likeness (QED) is 0.915. The fourth-order valence-corrected chi connectivity index (χ4v) is 3.79. The van der Waals surface area contributed by atoms with Gasteiger partial charge >= 0.3 is 0 Å². The van der Waals surface area contributed by atoms with Crippen molar-refractivity contribution in [3.63, 3.8) is 0 Å². The molecule has 104 valence electrons. The molecule has 3 nitrogen and oxygen atoms in total. The van der Waals surface area contributed by atoms with Crippen LogP contribution >= 0.6 is 11.8 Å². The smallest absolute Gasteiger partial charge is 0.254 e. The molecular weight excluding hydrogens is 268 g/mol. The molecule has 4 heteroatoms. The highest BCUT2D eigenvalue weighted by molar-refractivity contribution is 7.99. The van der Waals surface area contributed by atoms with Gasteiger partial charge in [0.15, 0.2) is 0 Å². The fourth-order valence-electron chi connectivity index (χ4n) is 2.54. The molecule has 0 spiro atoms. The molecule has 1 unspecified atom stereocenters. The lowest BCUT2D eigenvalue weighted by atomic mass is 10.1. The van der Waals surface area contributed by atoms with Gasteiger partial charge in [-0.3, -0.25) is 4.79 Å². The molecule has 0 saturated carbocycles. The molecule has 0 bridgehead atoms. The van der Waals surface area contributed by atoms with Gasteiger partial charge in [0.1, 0.15) is 5.82 Å². The Hall–Kier alpha value is -1.55. The predicted octanol–water partition coefficient (Wildman–Crippen LogP) is 3.70. The zero-order valence-electron chi connectivity index (χ0n) is 11.6. The van der Waals surface area contributed by atoms with E-state index < -0.39 is 0 Å². The molecule has 2 aromatic rings. The molecule has 0 aliphatic carbocycles. The summed E-state index contributed by atoms with van der Waals surface area (Å²) in [6.45, 7) is 1.84. The molecule has 1 N–H and O–H groups in total. The van der Waals surface area contributed by atoms with E-state index in [2.05, 4.69) is 4.98 Å². The highest BCUT2D eigenvalue weighted by Gasteiger charge is 2.20. The highest BCUT2D eigenvalue weighted by Crippen LogP contribution is 2.36. The summed E-state index contributed by atoms with van der Waals surface area (Å²) in [5.41, 5.74) is 2.51. The number of nitrogens with one attached hydrogen (secondary N) is 1. The third kappa shape index (κ3) is 2.66. The van der Waals surface area contributed by atoms with Crippen molar-refractivity contribution in [2.24, 2.45) is 0 Å². The van der Waals surface area contributed by atoms with Gasteiger partial charge in [-0.1, -0.05) is 36.8 Å². The first kappa shape index (κ1) is 13.4. The van der Waals surface area contributed by atoms with Crippen LogP contribution < -0.4 is 5.56 Å². The number of aromatic nitrogens is 2. The summed E-state index contributed by atoms with van der Waals surface area (Å²) < 4.78 is 0. The number of thioether (sulfide) groups is 1. The summed E-state index contributed by atoms with van der Waals surface area (Å²) in [5.74, 6) is 1.99. The van der Waals surface area contributed by atoms with Crippen molar-refractivity contribution in [2.75, 3.05) is 5.75 Å². The van der Waals surface area contributed by atoms with E-state index in [1.165, 1.54) is 12.8 Å². The molecule has 1 fully saturated rings. The first-order chi connectivity index (χ1) is 9.75. The van der Waals surface area contributed by atoms with Gasteiger partial charge in [-0.2, -0.15) is 11.8 Å². The minimum Gasteiger partial charge on any atom is -0.309 e. The van der Waals surface area contributed by atoms with Crippen LogP contribution in [0.5, 0.6) is 0 Å². The van der Waals surface area contributed by atoms with Crippen LogP contribution in [0.4, 0.5) is 0 Å². The normalized spacial score (nSPS) is 18.9. The van der Waals surface area contributed by atoms with Crippen LogP contribution in [0.25, 0.3) is 11.3 Å². The van der Waals surface area contributed by atoms with Crippen LogP contribution in [0, 0.1) is 6.92 Å². The van der Waals surface area contributed by atoms with Gasteiger partial charge in [-0.25, -0.2) is 4.98 Å². The second kappa shape index (κ2) is 5.83. The average molecular weight is 286 g/mol. The van der Waals surface area contributed by atoms with E-state index in [0.29, 0.717) is 10.8 Å². The highest BCUT2D eigenvalue weighted by atomic mass is 32.2. The van der Waals surface area contributed by atoms with Gasteiger partial charge in [0.05, 0.1) is 10.9 Å². The Morgan fingerprint density at radius 1 is 1.25 bits per heavy atom. The van der Waals surface area contributed by atoms with Gasteiger partial charge in [0, 0.05) is 11.1 Å². The number of hydrogen-bond acceptors (Lipinski definition) is 3. The Labute approximate surface area is 122 Å². The van der Waals surface area contributed by atoms with Crippen LogP contribution in [0.2, 0.25) is 0 Å². The molecule has 20 heavy (non-hydrogen) atoms. The third-order valence-electron chi connectivity index (χ3n) is 3.70. The minimum absolute atomic E-state index is 0.0139. The molecule has 0 amide bonds. The first-order valence-corrected chi connectivity index (χ1v) is 8.08. The average Bonchev–Trinajstić information content (AvgIpc) is 2.51. The van der Waals surface area contributed by atoms with Gasteiger partial charge in [-0.15, -0.1) is 0 Å². The summed E-state index contributed by atoms with van der Waals surface area (Å²) in [6.07, 6.45) is 3.59. The van der Waals surface area contributed by atoms with E-state index in [4.69, 9.17) is 4.98 Å². The maximum absolute atomic E-state index is 12.2. The Balaban J connectivity index is 2.06. The van der Waals surface area contributed by atoms with Crippen molar-refractivity contribution < 1.29 is 0 Å². The molecule has 0 radical (unpaired) electrons. The molecular formula is C16H18N2OS. The number of rotatable bonds is 2. The van der Waals surface area contributed by atoms with Gasteiger partial charge in [0.25, 0.3) is 5.56 Å². The lowest BCUT2D eigenvalue weighted by Crippen LogP contribution is -2.18. The Morgan fingerprint density at radius 3 is 2.75 bits per heavy atom. The summed E-state index contributed by atoms with van der Waals surface area (Å²) in [6, 6.07) is 9.95. The zero-order valence-corrected chi connectivity index (χ0v) is 12.4. The Morgan fingerprint density at radius 2 is 2.05 bits per heavy atom. The van der Waals surface area contributed by atoms with E-state index in [1.54, 1.807) is 0 Å². The number of H-pyrrole nitrogens is 1. The van der Waals surface area contributed by atoms with Gasteiger partial charge in [-0.05, 0) is 25.5 Å². The summed E-state index contributed by atoms with van der Waals surface area (Å²) in [5, 5.41) is 0.333. The molecule has 1 aliphatic heterocycles. The van der Waals surface area contributed by atoms with E-state index in [1.807, 2.05) is 49.0 Å². The van der Waals surface area contributed by atoms with Gasteiger partial charge in [0.2, 0.25) is 0 Å². The Kier molecular flexibility index (Phi) is 3.92. The summed E-state index contributed by atoms with van der Waals surface area (Å²) in [4.78, 5) is 19.9.